The molecule has 0 radical (unpaired) electrons. The zero-order chi connectivity index (χ0) is 8.10. The van der Waals surface area contributed by atoms with Crippen molar-refractivity contribution >= 4 is 11.3 Å². The van der Waals surface area contributed by atoms with E-state index in [1.54, 1.807) is 25.5 Å². The highest BCUT2D eigenvalue weighted by Crippen LogP contribution is 2.23. The molecule has 0 saturated heterocycles. The molecule has 4 heteroatoms. The van der Waals surface area contributed by atoms with Gasteiger partial charge in [0.25, 0.3) is 0 Å². The van der Waals surface area contributed by atoms with Gasteiger partial charge in [0, 0.05) is 23.4 Å². The van der Waals surface area contributed by atoms with Gasteiger partial charge >= 0.3 is 0 Å². The molecule has 0 spiro atoms. The largest absolute Gasteiger partial charge is 0.496 e. The third-order valence-corrected chi connectivity index (χ3v) is 2.06. The summed E-state index contributed by atoms with van der Waals surface area (Å²) in [5.41, 5.74) is 3.68. The molecule has 62 valence electrons. The summed E-state index contributed by atoms with van der Waals surface area (Å²) < 4.78 is 5.09. The molecule has 0 aliphatic rings. The van der Waals surface area contributed by atoms with Gasteiger partial charge in [0.15, 0.2) is 0 Å². The van der Waals surface area contributed by atoms with Crippen LogP contribution in [0.25, 0.3) is 0 Å². The topological polar surface area (TPSA) is 30.5 Å². The summed E-state index contributed by atoms with van der Waals surface area (Å²) in [6.45, 7) is 0.545. The van der Waals surface area contributed by atoms with Crippen molar-refractivity contribution < 1.29 is 9.57 Å². The van der Waals surface area contributed by atoms with Gasteiger partial charge in [0.2, 0.25) is 0 Å². The molecule has 3 nitrogen and oxygen atoms in total. The Morgan fingerprint density at radius 2 is 2.36 bits per heavy atom. The van der Waals surface area contributed by atoms with E-state index < -0.39 is 0 Å². The molecule has 0 saturated carbocycles. The Labute approximate surface area is 69.9 Å². The predicted octanol–water partition coefficient (Wildman–Crippen LogP) is 1.41. The first-order valence-corrected chi connectivity index (χ1v) is 4.20. The van der Waals surface area contributed by atoms with Gasteiger partial charge in [-0.3, -0.25) is 4.84 Å². The molecule has 1 heterocycles. The van der Waals surface area contributed by atoms with E-state index in [4.69, 9.17) is 9.57 Å². The number of hydroxylamine groups is 1. The highest BCUT2D eigenvalue weighted by atomic mass is 32.1. The molecule has 0 atom stereocenters. The summed E-state index contributed by atoms with van der Waals surface area (Å²) in [6, 6.07) is 0. The quantitative estimate of drug-likeness (QED) is 0.698. The lowest BCUT2D eigenvalue weighted by molar-refractivity contribution is 0.0435. The fourth-order valence-corrected chi connectivity index (χ4v) is 1.53. The van der Waals surface area contributed by atoms with Crippen LogP contribution in [-0.2, 0) is 11.4 Å². The number of ether oxygens (including phenoxy) is 1. The number of thiophene rings is 1. The molecular formula is C7H11NO2S. The molecule has 0 unspecified atom stereocenters. The van der Waals surface area contributed by atoms with Crippen LogP contribution in [0.15, 0.2) is 10.8 Å². The second kappa shape index (κ2) is 4.33. The summed E-state index contributed by atoms with van der Waals surface area (Å²) >= 11 is 1.61. The lowest BCUT2D eigenvalue weighted by Crippen LogP contribution is -2.06. The second-order valence-electron chi connectivity index (χ2n) is 1.96. The van der Waals surface area contributed by atoms with Crippen molar-refractivity contribution in [1.82, 2.24) is 5.48 Å². The highest BCUT2D eigenvalue weighted by Gasteiger charge is 2.02. The molecule has 0 aliphatic heterocycles. The predicted molar refractivity (Wildman–Crippen MR) is 44.7 cm³/mol. The number of nitrogens with one attached hydrogen (secondary N) is 1. The SMILES string of the molecule is CNOCc1cscc1OC. The van der Waals surface area contributed by atoms with Crippen molar-refractivity contribution in [1.29, 1.82) is 0 Å². The number of hydrogen-bond donors (Lipinski definition) is 1. The maximum absolute atomic E-state index is 5.09. The van der Waals surface area contributed by atoms with Gasteiger partial charge in [-0.25, -0.2) is 5.48 Å². The van der Waals surface area contributed by atoms with Gasteiger partial charge in [-0.05, 0) is 0 Å². The van der Waals surface area contributed by atoms with E-state index in [1.807, 2.05) is 10.8 Å². The van der Waals surface area contributed by atoms with E-state index >= 15 is 0 Å². The minimum atomic E-state index is 0.545. The summed E-state index contributed by atoms with van der Waals surface area (Å²) in [5, 5.41) is 3.96. The Morgan fingerprint density at radius 3 is 3.00 bits per heavy atom. The maximum atomic E-state index is 5.09. The maximum Gasteiger partial charge on any atom is 0.135 e. The van der Waals surface area contributed by atoms with Gasteiger partial charge in [-0.2, -0.15) is 0 Å². The molecule has 11 heavy (non-hydrogen) atoms. The monoisotopic (exact) mass is 173 g/mol. The van der Waals surface area contributed by atoms with Crippen molar-refractivity contribution in [2.24, 2.45) is 0 Å². The third kappa shape index (κ3) is 2.18. The second-order valence-corrected chi connectivity index (χ2v) is 2.70. The van der Waals surface area contributed by atoms with Crippen LogP contribution < -0.4 is 10.2 Å². The van der Waals surface area contributed by atoms with Crippen LogP contribution in [0.4, 0.5) is 0 Å². The van der Waals surface area contributed by atoms with E-state index in [2.05, 4.69) is 5.48 Å². The first kappa shape index (κ1) is 8.52. The average Bonchev–Trinajstić information content (AvgIpc) is 2.47. The van der Waals surface area contributed by atoms with Gasteiger partial charge < -0.3 is 4.74 Å². The van der Waals surface area contributed by atoms with Gasteiger partial charge in [0.05, 0.1) is 13.7 Å². The normalized spacial score (nSPS) is 10.0. The zero-order valence-corrected chi connectivity index (χ0v) is 7.40. The van der Waals surface area contributed by atoms with Crippen LogP contribution in [0.2, 0.25) is 0 Å². The zero-order valence-electron chi connectivity index (χ0n) is 6.59. The minimum Gasteiger partial charge on any atom is -0.496 e. The number of rotatable bonds is 4. The molecule has 1 aromatic heterocycles. The van der Waals surface area contributed by atoms with Crippen LogP contribution >= 0.6 is 11.3 Å². The summed E-state index contributed by atoms with van der Waals surface area (Å²) in [6.07, 6.45) is 0. The van der Waals surface area contributed by atoms with Crippen LogP contribution in [-0.4, -0.2) is 14.2 Å². The molecule has 0 fully saturated rings. The van der Waals surface area contributed by atoms with E-state index in [0.717, 1.165) is 11.3 Å². The number of hydrogen-bond acceptors (Lipinski definition) is 4. The van der Waals surface area contributed by atoms with Crippen LogP contribution in [0, 0.1) is 0 Å². The Kier molecular flexibility index (Phi) is 3.35. The van der Waals surface area contributed by atoms with Crippen LogP contribution in [0.1, 0.15) is 5.56 Å². The summed E-state index contributed by atoms with van der Waals surface area (Å²) in [7, 11) is 3.39. The molecule has 0 aliphatic carbocycles. The third-order valence-electron chi connectivity index (χ3n) is 1.29. The molecule has 1 N–H and O–H groups in total. The first-order chi connectivity index (χ1) is 5.38. The van der Waals surface area contributed by atoms with Crippen molar-refractivity contribution in [3.63, 3.8) is 0 Å². The standard InChI is InChI=1S/C7H11NO2S/c1-8-10-3-6-4-11-5-7(6)9-2/h4-5,8H,3H2,1-2H3. The molecule has 0 aromatic carbocycles. The fourth-order valence-electron chi connectivity index (χ4n) is 0.746. The van der Waals surface area contributed by atoms with E-state index in [-0.39, 0.29) is 0 Å². The van der Waals surface area contributed by atoms with Crippen molar-refractivity contribution in [3.05, 3.63) is 16.3 Å². The van der Waals surface area contributed by atoms with Crippen LogP contribution in [0.5, 0.6) is 5.75 Å². The van der Waals surface area contributed by atoms with Crippen molar-refractivity contribution in [2.45, 2.75) is 6.61 Å². The van der Waals surface area contributed by atoms with Crippen molar-refractivity contribution in [2.75, 3.05) is 14.2 Å². The smallest absolute Gasteiger partial charge is 0.135 e. The highest BCUT2D eigenvalue weighted by molar-refractivity contribution is 7.08. The lowest BCUT2D eigenvalue weighted by atomic mass is 10.3. The molecule has 0 amide bonds. The Bertz CT molecular complexity index is 212. The first-order valence-electron chi connectivity index (χ1n) is 3.26. The van der Waals surface area contributed by atoms with Gasteiger partial charge in [-0.15, -0.1) is 11.3 Å². The lowest BCUT2D eigenvalue weighted by Gasteiger charge is -2.01. The van der Waals surface area contributed by atoms with Crippen LogP contribution in [0.3, 0.4) is 0 Å². The fraction of sp³-hybridized carbons (Fsp3) is 0.429. The molecular weight excluding hydrogens is 162 g/mol. The molecule has 1 aromatic rings. The van der Waals surface area contributed by atoms with E-state index in [0.29, 0.717) is 6.61 Å². The minimum absolute atomic E-state index is 0.545. The Morgan fingerprint density at radius 1 is 1.55 bits per heavy atom. The molecule has 1 rings (SSSR count). The summed E-state index contributed by atoms with van der Waals surface area (Å²) in [4.78, 5) is 5.00. The van der Waals surface area contributed by atoms with E-state index in [1.165, 1.54) is 0 Å². The van der Waals surface area contributed by atoms with Crippen molar-refractivity contribution in [3.8, 4) is 5.75 Å². The summed E-state index contributed by atoms with van der Waals surface area (Å²) in [5.74, 6) is 0.894. The number of methoxy groups -OCH3 is 1. The Balaban J connectivity index is 2.54. The van der Waals surface area contributed by atoms with E-state index in [9.17, 15) is 0 Å². The van der Waals surface area contributed by atoms with Gasteiger partial charge in [-0.1, -0.05) is 0 Å². The Hall–Kier alpha value is -0.580. The molecule has 0 bridgehead atoms. The average molecular weight is 173 g/mol. The van der Waals surface area contributed by atoms with Gasteiger partial charge in [0.1, 0.15) is 5.75 Å².